The van der Waals surface area contributed by atoms with E-state index in [0.29, 0.717) is 12.5 Å². The monoisotopic (exact) mass is 284 g/mol. The smallest absolute Gasteiger partial charge is 0.234 e. The first kappa shape index (κ1) is 13.8. The van der Waals surface area contributed by atoms with Crippen LogP contribution in [0.2, 0.25) is 0 Å². The number of anilines is 1. The van der Waals surface area contributed by atoms with Gasteiger partial charge in [-0.1, -0.05) is 29.8 Å². The van der Waals surface area contributed by atoms with Gasteiger partial charge in [0.1, 0.15) is 6.61 Å². The van der Waals surface area contributed by atoms with Crippen molar-refractivity contribution in [2.24, 2.45) is 0 Å². The molecule has 1 saturated heterocycles. The Morgan fingerprint density at radius 3 is 2.90 bits per heavy atom. The van der Waals surface area contributed by atoms with Crippen molar-refractivity contribution >= 4 is 5.82 Å². The van der Waals surface area contributed by atoms with Gasteiger partial charge in [-0.15, -0.1) is 0 Å². The van der Waals surface area contributed by atoms with E-state index in [4.69, 9.17) is 4.74 Å². The van der Waals surface area contributed by atoms with Crippen molar-refractivity contribution in [2.45, 2.75) is 13.5 Å². The number of benzene rings is 1. The largest absolute Gasteiger partial charge is 0.472 e. The minimum Gasteiger partial charge on any atom is -0.472 e. The van der Waals surface area contributed by atoms with Crippen LogP contribution in [-0.4, -0.2) is 36.1 Å². The topological polar surface area (TPSA) is 50.3 Å². The van der Waals surface area contributed by atoms with Crippen molar-refractivity contribution in [1.29, 1.82) is 0 Å². The number of nitrogens with one attached hydrogen (secondary N) is 1. The number of hydrogen-bond acceptors (Lipinski definition) is 5. The summed E-state index contributed by atoms with van der Waals surface area (Å²) in [5.74, 6) is 1.46. The Kier molecular flexibility index (Phi) is 4.31. The maximum Gasteiger partial charge on any atom is 0.234 e. The number of rotatable bonds is 4. The highest BCUT2D eigenvalue weighted by Crippen LogP contribution is 2.16. The molecule has 5 nitrogen and oxygen atoms in total. The van der Waals surface area contributed by atoms with Crippen LogP contribution in [0.25, 0.3) is 0 Å². The Morgan fingerprint density at radius 2 is 2.10 bits per heavy atom. The molecule has 2 aromatic rings. The summed E-state index contributed by atoms with van der Waals surface area (Å²) in [5, 5.41) is 3.33. The van der Waals surface area contributed by atoms with Gasteiger partial charge in [-0.3, -0.25) is 4.98 Å². The van der Waals surface area contributed by atoms with E-state index < -0.39 is 0 Å². The molecule has 1 aliphatic rings. The third kappa shape index (κ3) is 3.70. The second-order valence-electron chi connectivity index (χ2n) is 5.23. The zero-order valence-corrected chi connectivity index (χ0v) is 12.2. The van der Waals surface area contributed by atoms with Gasteiger partial charge in [0.15, 0.2) is 5.82 Å². The van der Waals surface area contributed by atoms with E-state index in [2.05, 4.69) is 45.3 Å². The average Bonchev–Trinajstić information content (AvgIpc) is 2.54. The summed E-state index contributed by atoms with van der Waals surface area (Å²) >= 11 is 0. The van der Waals surface area contributed by atoms with Gasteiger partial charge in [0, 0.05) is 26.2 Å². The highest BCUT2D eigenvalue weighted by atomic mass is 16.5. The zero-order chi connectivity index (χ0) is 14.5. The first-order chi connectivity index (χ1) is 10.3. The fourth-order valence-corrected chi connectivity index (χ4v) is 2.41. The Bertz CT molecular complexity index is 596. The number of piperazine rings is 1. The number of aromatic nitrogens is 2. The third-order valence-corrected chi connectivity index (χ3v) is 3.51. The second-order valence-corrected chi connectivity index (χ2v) is 5.23. The maximum atomic E-state index is 5.76. The molecule has 21 heavy (non-hydrogen) atoms. The van der Waals surface area contributed by atoms with Crippen LogP contribution in [0.1, 0.15) is 11.1 Å². The molecule has 2 heterocycles. The number of ether oxygens (including phenoxy) is 1. The molecular formula is C16H20N4O. The van der Waals surface area contributed by atoms with E-state index in [9.17, 15) is 0 Å². The fraction of sp³-hybridized carbons (Fsp3) is 0.375. The Morgan fingerprint density at radius 1 is 1.24 bits per heavy atom. The molecular weight excluding hydrogens is 264 g/mol. The van der Waals surface area contributed by atoms with Gasteiger partial charge in [0.05, 0.1) is 12.4 Å². The predicted molar refractivity (Wildman–Crippen MR) is 82.6 cm³/mol. The molecule has 0 saturated carbocycles. The van der Waals surface area contributed by atoms with Crippen LogP contribution in [0.4, 0.5) is 5.82 Å². The van der Waals surface area contributed by atoms with Crippen LogP contribution < -0.4 is 15.0 Å². The molecule has 1 aliphatic heterocycles. The number of nitrogens with zero attached hydrogens (tertiary/aromatic N) is 3. The van der Waals surface area contributed by atoms with Crippen LogP contribution in [0.3, 0.4) is 0 Å². The average molecular weight is 284 g/mol. The van der Waals surface area contributed by atoms with Crippen LogP contribution in [-0.2, 0) is 6.61 Å². The summed E-state index contributed by atoms with van der Waals surface area (Å²) < 4.78 is 5.76. The third-order valence-electron chi connectivity index (χ3n) is 3.51. The van der Waals surface area contributed by atoms with Gasteiger partial charge in [-0.2, -0.15) is 4.98 Å². The van der Waals surface area contributed by atoms with Crippen molar-refractivity contribution in [3.05, 3.63) is 47.8 Å². The number of aryl methyl sites for hydroxylation is 1. The Balaban J connectivity index is 1.65. The van der Waals surface area contributed by atoms with Crippen molar-refractivity contribution in [1.82, 2.24) is 15.3 Å². The standard InChI is InChI=1S/C16H20N4O/c1-13-3-2-4-14(9-13)12-21-16-11-18-10-15(19-16)20-7-5-17-6-8-20/h2-4,9-11,17H,5-8,12H2,1H3. The lowest BCUT2D eigenvalue weighted by molar-refractivity contribution is 0.292. The lowest BCUT2D eigenvalue weighted by Gasteiger charge is -2.28. The molecule has 0 bridgehead atoms. The van der Waals surface area contributed by atoms with E-state index in [1.807, 2.05) is 6.07 Å². The van der Waals surface area contributed by atoms with Crippen molar-refractivity contribution in [3.63, 3.8) is 0 Å². The predicted octanol–water partition coefficient (Wildman–Crippen LogP) is 1.77. The van der Waals surface area contributed by atoms with Gasteiger partial charge in [-0.05, 0) is 12.5 Å². The van der Waals surface area contributed by atoms with E-state index >= 15 is 0 Å². The molecule has 110 valence electrons. The van der Waals surface area contributed by atoms with Crippen LogP contribution >= 0.6 is 0 Å². The molecule has 0 amide bonds. The van der Waals surface area contributed by atoms with Gasteiger partial charge < -0.3 is 15.0 Å². The number of hydrogen-bond donors (Lipinski definition) is 1. The van der Waals surface area contributed by atoms with Crippen LogP contribution in [0.15, 0.2) is 36.7 Å². The summed E-state index contributed by atoms with van der Waals surface area (Å²) in [5.41, 5.74) is 2.38. The minimum atomic E-state index is 0.515. The van der Waals surface area contributed by atoms with E-state index in [1.165, 1.54) is 5.56 Å². The van der Waals surface area contributed by atoms with Crippen molar-refractivity contribution in [3.8, 4) is 5.88 Å². The first-order valence-electron chi connectivity index (χ1n) is 7.27. The van der Waals surface area contributed by atoms with E-state index in [1.54, 1.807) is 12.4 Å². The van der Waals surface area contributed by atoms with Crippen molar-refractivity contribution in [2.75, 3.05) is 31.1 Å². The van der Waals surface area contributed by atoms with Crippen molar-refractivity contribution < 1.29 is 4.74 Å². The van der Waals surface area contributed by atoms with E-state index in [-0.39, 0.29) is 0 Å². The van der Waals surface area contributed by atoms with Gasteiger partial charge in [-0.25, -0.2) is 0 Å². The second kappa shape index (κ2) is 6.54. The summed E-state index contributed by atoms with van der Waals surface area (Å²) in [7, 11) is 0. The maximum absolute atomic E-state index is 5.76. The summed E-state index contributed by atoms with van der Waals surface area (Å²) in [6.07, 6.45) is 3.46. The molecule has 3 rings (SSSR count). The summed E-state index contributed by atoms with van der Waals surface area (Å²) in [6, 6.07) is 8.29. The Labute approximate surface area is 125 Å². The highest BCUT2D eigenvalue weighted by Gasteiger charge is 2.12. The fourth-order valence-electron chi connectivity index (χ4n) is 2.41. The van der Waals surface area contributed by atoms with Gasteiger partial charge in [0.25, 0.3) is 0 Å². The normalized spacial score (nSPS) is 15.0. The molecule has 1 fully saturated rings. The summed E-state index contributed by atoms with van der Waals surface area (Å²) in [4.78, 5) is 11.0. The lowest BCUT2D eigenvalue weighted by atomic mass is 10.1. The summed E-state index contributed by atoms with van der Waals surface area (Å²) in [6.45, 7) is 6.47. The molecule has 0 radical (unpaired) electrons. The highest BCUT2D eigenvalue weighted by molar-refractivity contribution is 5.38. The zero-order valence-electron chi connectivity index (χ0n) is 12.2. The quantitative estimate of drug-likeness (QED) is 0.927. The van der Waals surface area contributed by atoms with Crippen LogP contribution in [0.5, 0.6) is 5.88 Å². The molecule has 0 aliphatic carbocycles. The molecule has 0 atom stereocenters. The first-order valence-corrected chi connectivity index (χ1v) is 7.27. The Hall–Kier alpha value is -2.14. The van der Waals surface area contributed by atoms with E-state index in [0.717, 1.165) is 37.6 Å². The molecule has 0 spiro atoms. The molecule has 1 aromatic heterocycles. The SMILES string of the molecule is Cc1cccc(COc2cncc(N3CCNCC3)n2)c1. The molecule has 1 N–H and O–H groups in total. The lowest BCUT2D eigenvalue weighted by Crippen LogP contribution is -2.43. The van der Waals surface area contributed by atoms with Gasteiger partial charge >= 0.3 is 0 Å². The molecule has 5 heteroatoms. The van der Waals surface area contributed by atoms with Crippen LogP contribution in [0, 0.1) is 6.92 Å². The van der Waals surface area contributed by atoms with Gasteiger partial charge in [0.2, 0.25) is 5.88 Å². The minimum absolute atomic E-state index is 0.515. The molecule has 0 unspecified atom stereocenters. The molecule has 1 aromatic carbocycles.